The third kappa shape index (κ3) is 3.09. The van der Waals surface area contributed by atoms with Gasteiger partial charge in [0.25, 0.3) is 0 Å². The molecule has 1 saturated carbocycles. The lowest BCUT2D eigenvalue weighted by Crippen LogP contribution is -2.29. The highest BCUT2D eigenvalue weighted by atomic mass is 35.5. The van der Waals surface area contributed by atoms with Gasteiger partial charge in [-0.1, -0.05) is 11.6 Å². The van der Waals surface area contributed by atoms with Gasteiger partial charge in [0.2, 0.25) is 0 Å². The molecule has 3 nitrogen and oxygen atoms in total. The first-order valence-corrected chi connectivity index (χ1v) is 6.22. The quantitative estimate of drug-likeness (QED) is 0.853. The van der Waals surface area contributed by atoms with E-state index in [4.69, 9.17) is 17.3 Å². The Balaban J connectivity index is 1.81. The van der Waals surface area contributed by atoms with Crippen molar-refractivity contribution in [2.45, 2.75) is 31.7 Å². The predicted octanol–water partition coefficient (Wildman–Crippen LogP) is 2.66. The molecule has 0 spiro atoms. The molecule has 1 fully saturated rings. The number of pyridine rings is 1. The largest absolute Gasteiger partial charge is 0.383 e. The maximum absolute atomic E-state index is 6.02. The summed E-state index contributed by atoms with van der Waals surface area (Å²) in [7, 11) is 0. The Kier molecular flexibility index (Phi) is 4.02. The lowest BCUT2D eigenvalue weighted by atomic mass is 9.86. The average Bonchev–Trinajstić information content (AvgIpc) is 2.30. The van der Waals surface area contributed by atoms with E-state index in [1.54, 1.807) is 12.4 Å². The molecule has 0 aromatic carbocycles. The van der Waals surface area contributed by atoms with Crippen LogP contribution in [-0.4, -0.2) is 17.6 Å². The molecule has 4 heteroatoms. The van der Waals surface area contributed by atoms with Crippen molar-refractivity contribution >= 4 is 17.3 Å². The monoisotopic (exact) mass is 239 g/mol. The average molecular weight is 240 g/mol. The lowest BCUT2D eigenvalue weighted by Gasteiger charge is -2.26. The maximum atomic E-state index is 6.02. The Morgan fingerprint density at radius 2 is 2.12 bits per heavy atom. The molecule has 0 radical (unpaired) electrons. The van der Waals surface area contributed by atoms with Crippen LogP contribution in [0.25, 0.3) is 0 Å². The highest BCUT2D eigenvalue weighted by molar-refractivity contribution is 6.33. The second-order valence-electron chi connectivity index (χ2n) is 4.52. The van der Waals surface area contributed by atoms with Crippen molar-refractivity contribution in [3.05, 3.63) is 23.5 Å². The van der Waals surface area contributed by atoms with Gasteiger partial charge in [0.15, 0.2) is 0 Å². The highest BCUT2D eigenvalue weighted by Crippen LogP contribution is 2.25. The first-order chi connectivity index (χ1) is 7.75. The van der Waals surface area contributed by atoms with Crippen molar-refractivity contribution in [2.24, 2.45) is 11.7 Å². The van der Waals surface area contributed by atoms with Crippen molar-refractivity contribution in [3.63, 3.8) is 0 Å². The van der Waals surface area contributed by atoms with Crippen LogP contribution in [0.5, 0.6) is 0 Å². The van der Waals surface area contributed by atoms with Crippen LogP contribution >= 0.6 is 11.6 Å². The summed E-state index contributed by atoms with van der Waals surface area (Å²) in [5.41, 5.74) is 6.86. The molecular formula is C12H18ClN3. The van der Waals surface area contributed by atoms with Gasteiger partial charge in [0.05, 0.1) is 10.7 Å². The van der Waals surface area contributed by atoms with Gasteiger partial charge in [-0.3, -0.25) is 4.98 Å². The Labute approximate surface area is 101 Å². The van der Waals surface area contributed by atoms with Gasteiger partial charge in [-0.15, -0.1) is 0 Å². The molecule has 1 aliphatic rings. The van der Waals surface area contributed by atoms with Gasteiger partial charge in [-0.2, -0.15) is 0 Å². The Morgan fingerprint density at radius 3 is 2.81 bits per heavy atom. The van der Waals surface area contributed by atoms with Crippen LogP contribution in [0.2, 0.25) is 5.02 Å². The van der Waals surface area contributed by atoms with E-state index in [1.165, 1.54) is 12.8 Å². The molecule has 0 saturated heterocycles. The molecule has 0 aliphatic heterocycles. The Bertz CT molecular complexity index is 335. The minimum atomic E-state index is 0.417. The standard InChI is InChI=1S/C12H18ClN3/c13-11-8-15-6-5-12(11)16-7-9-1-3-10(14)4-2-9/h5-6,8-10H,1-4,7,14H2,(H,15,16). The molecule has 88 valence electrons. The first kappa shape index (κ1) is 11.7. The van der Waals surface area contributed by atoms with E-state index in [2.05, 4.69) is 10.3 Å². The molecule has 0 amide bonds. The zero-order valence-electron chi connectivity index (χ0n) is 9.32. The fraction of sp³-hybridized carbons (Fsp3) is 0.583. The van der Waals surface area contributed by atoms with E-state index in [1.807, 2.05) is 6.07 Å². The van der Waals surface area contributed by atoms with Crippen molar-refractivity contribution in [2.75, 3.05) is 11.9 Å². The van der Waals surface area contributed by atoms with Gasteiger partial charge in [0, 0.05) is 25.0 Å². The second-order valence-corrected chi connectivity index (χ2v) is 4.92. The van der Waals surface area contributed by atoms with E-state index < -0.39 is 0 Å². The molecule has 1 heterocycles. The summed E-state index contributed by atoms with van der Waals surface area (Å²) in [4.78, 5) is 3.96. The van der Waals surface area contributed by atoms with E-state index in [9.17, 15) is 0 Å². The minimum absolute atomic E-state index is 0.417. The van der Waals surface area contributed by atoms with Gasteiger partial charge in [0.1, 0.15) is 0 Å². The summed E-state index contributed by atoms with van der Waals surface area (Å²) in [5, 5.41) is 4.07. The van der Waals surface area contributed by atoms with Gasteiger partial charge < -0.3 is 11.1 Å². The van der Waals surface area contributed by atoms with Crippen molar-refractivity contribution in [3.8, 4) is 0 Å². The third-order valence-corrected chi connectivity index (χ3v) is 3.55. The summed E-state index contributed by atoms with van der Waals surface area (Å²) >= 11 is 6.02. The second kappa shape index (κ2) is 5.51. The third-order valence-electron chi connectivity index (χ3n) is 3.25. The smallest absolute Gasteiger partial charge is 0.0820 e. The summed E-state index contributed by atoms with van der Waals surface area (Å²) in [5.74, 6) is 0.726. The number of halogens is 1. The van der Waals surface area contributed by atoms with E-state index >= 15 is 0 Å². The van der Waals surface area contributed by atoms with Crippen LogP contribution in [-0.2, 0) is 0 Å². The van der Waals surface area contributed by atoms with Crippen LogP contribution in [0.3, 0.4) is 0 Å². The van der Waals surface area contributed by atoms with Crippen molar-refractivity contribution < 1.29 is 0 Å². The fourth-order valence-corrected chi connectivity index (χ4v) is 2.35. The van der Waals surface area contributed by atoms with Crippen LogP contribution in [0.4, 0.5) is 5.69 Å². The Morgan fingerprint density at radius 1 is 1.38 bits per heavy atom. The normalized spacial score (nSPS) is 25.4. The van der Waals surface area contributed by atoms with E-state index in [0.29, 0.717) is 11.1 Å². The number of rotatable bonds is 3. The van der Waals surface area contributed by atoms with E-state index in [-0.39, 0.29) is 0 Å². The SMILES string of the molecule is NC1CCC(CNc2ccncc2Cl)CC1. The lowest BCUT2D eigenvalue weighted by molar-refractivity contribution is 0.339. The molecule has 0 bridgehead atoms. The zero-order chi connectivity index (χ0) is 11.4. The fourth-order valence-electron chi connectivity index (χ4n) is 2.17. The molecule has 3 N–H and O–H groups in total. The Hall–Kier alpha value is -0.800. The van der Waals surface area contributed by atoms with Gasteiger partial charge in [-0.05, 0) is 37.7 Å². The molecule has 2 rings (SSSR count). The van der Waals surface area contributed by atoms with Crippen molar-refractivity contribution in [1.29, 1.82) is 0 Å². The minimum Gasteiger partial charge on any atom is -0.383 e. The number of hydrogen-bond acceptors (Lipinski definition) is 3. The molecule has 0 atom stereocenters. The maximum Gasteiger partial charge on any atom is 0.0820 e. The van der Waals surface area contributed by atoms with Crippen LogP contribution in [0.15, 0.2) is 18.5 Å². The highest BCUT2D eigenvalue weighted by Gasteiger charge is 2.18. The number of hydrogen-bond donors (Lipinski definition) is 2. The van der Waals surface area contributed by atoms with Crippen molar-refractivity contribution in [1.82, 2.24) is 4.98 Å². The van der Waals surface area contributed by atoms with Gasteiger partial charge in [-0.25, -0.2) is 0 Å². The molecule has 16 heavy (non-hydrogen) atoms. The van der Waals surface area contributed by atoms with Crippen LogP contribution in [0, 0.1) is 5.92 Å². The molecule has 1 aliphatic carbocycles. The van der Waals surface area contributed by atoms with Crippen LogP contribution < -0.4 is 11.1 Å². The molecule has 0 unspecified atom stereocenters. The number of nitrogens with one attached hydrogen (secondary N) is 1. The summed E-state index contributed by atoms with van der Waals surface area (Å²) in [6.45, 7) is 0.983. The zero-order valence-corrected chi connectivity index (χ0v) is 10.1. The summed E-state index contributed by atoms with van der Waals surface area (Å²) < 4.78 is 0. The summed E-state index contributed by atoms with van der Waals surface area (Å²) in [6, 6.07) is 2.33. The summed E-state index contributed by atoms with van der Waals surface area (Å²) in [6.07, 6.45) is 8.16. The molecule has 1 aromatic rings. The number of nitrogens with two attached hydrogens (primary N) is 1. The van der Waals surface area contributed by atoms with Crippen LogP contribution in [0.1, 0.15) is 25.7 Å². The molecular weight excluding hydrogens is 222 g/mol. The predicted molar refractivity (Wildman–Crippen MR) is 67.7 cm³/mol. The van der Waals surface area contributed by atoms with E-state index in [0.717, 1.165) is 31.0 Å². The topological polar surface area (TPSA) is 50.9 Å². The number of aromatic nitrogens is 1. The molecule has 1 aromatic heterocycles. The number of nitrogens with zero attached hydrogens (tertiary/aromatic N) is 1. The number of anilines is 1. The first-order valence-electron chi connectivity index (χ1n) is 5.84. The van der Waals surface area contributed by atoms with Gasteiger partial charge >= 0.3 is 0 Å².